The Morgan fingerprint density at radius 1 is 1.20 bits per heavy atom. The number of rotatable bonds is 7. The monoisotopic (exact) mass is 361 g/mol. The SMILES string of the molecule is Cc1cc(Cl)ccc1NC(=O)NCc1cccc(OCCN(C)C)c1. The summed E-state index contributed by atoms with van der Waals surface area (Å²) in [6.07, 6.45) is 0. The van der Waals surface area contributed by atoms with Crippen molar-refractivity contribution in [2.45, 2.75) is 13.5 Å². The average Bonchev–Trinajstić information content (AvgIpc) is 2.56. The molecule has 0 aromatic heterocycles. The van der Waals surface area contributed by atoms with Crippen LogP contribution in [0.1, 0.15) is 11.1 Å². The van der Waals surface area contributed by atoms with Crippen molar-refractivity contribution in [1.29, 1.82) is 0 Å². The summed E-state index contributed by atoms with van der Waals surface area (Å²) in [6, 6.07) is 12.8. The highest BCUT2D eigenvalue weighted by atomic mass is 35.5. The van der Waals surface area contributed by atoms with E-state index >= 15 is 0 Å². The molecule has 0 aliphatic carbocycles. The molecule has 0 unspecified atom stereocenters. The summed E-state index contributed by atoms with van der Waals surface area (Å²) >= 11 is 5.92. The Morgan fingerprint density at radius 2 is 2.00 bits per heavy atom. The normalized spacial score (nSPS) is 10.6. The molecule has 0 radical (unpaired) electrons. The zero-order chi connectivity index (χ0) is 18.2. The molecule has 0 aliphatic heterocycles. The maximum atomic E-state index is 12.1. The molecule has 5 nitrogen and oxygen atoms in total. The highest BCUT2D eigenvalue weighted by Gasteiger charge is 2.05. The molecule has 0 bridgehead atoms. The number of amides is 2. The first-order valence-electron chi connectivity index (χ1n) is 8.11. The van der Waals surface area contributed by atoms with Crippen LogP contribution in [0.4, 0.5) is 10.5 Å². The lowest BCUT2D eigenvalue weighted by molar-refractivity contribution is 0.251. The molecule has 2 N–H and O–H groups in total. The van der Waals surface area contributed by atoms with E-state index in [0.717, 1.165) is 29.1 Å². The van der Waals surface area contributed by atoms with E-state index in [-0.39, 0.29) is 6.03 Å². The van der Waals surface area contributed by atoms with Gasteiger partial charge in [0.1, 0.15) is 12.4 Å². The van der Waals surface area contributed by atoms with E-state index in [1.54, 1.807) is 12.1 Å². The molecule has 0 saturated carbocycles. The summed E-state index contributed by atoms with van der Waals surface area (Å²) < 4.78 is 5.70. The van der Waals surface area contributed by atoms with Crippen LogP contribution in [0.15, 0.2) is 42.5 Å². The maximum absolute atomic E-state index is 12.1. The molecule has 2 amide bonds. The summed E-state index contributed by atoms with van der Waals surface area (Å²) in [6.45, 7) is 3.80. The molecule has 6 heteroatoms. The summed E-state index contributed by atoms with van der Waals surface area (Å²) in [5.41, 5.74) is 2.63. The van der Waals surface area contributed by atoms with Crippen LogP contribution in [0.2, 0.25) is 5.02 Å². The van der Waals surface area contributed by atoms with E-state index in [2.05, 4.69) is 15.5 Å². The number of aryl methyl sites for hydroxylation is 1. The fraction of sp³-hybridized carbons (Fsp3) is 0.316. The van der Waals surface area contributed by atoms with E-state index < -0.39 is 0 Å². The number of hydrogen-bond acceptors (Lipinski definition) is 3. The van der Waals surface area contributed by atoms with Gasteiger partial charge in [-0.25, -0.2) is 4.79 Å². The third-order valence-corrected chi connectivity index (χ3v) is 3.83. The van der Waals surface area contributed by atoms with Crippen LogP contribution >= 0.6 is 11.6 Å². The van der Waals surface area contributed by atoms with Gasteiger partial charge in [0.25, 0.3) is 0 Å². The first-order chi connectivity index (χ1) is 11.9. The van der Waals surface area contributed by atoms with Crippen molar-refractivity contribution < 1.29 is 9.53 Å². The minimum Gasteiger partial charge on any atom is -0.492 e. The lowest BCUT2D eigenvalue weighted by atomic mass is 10.2. The van der Waals surface area contributed by atoms with Gasteiger partial charge < -0.3 is 20.3 Å². The van der Waals surface area contributed by atoms with Gasteiger partial charge in [-0.15, -0.1) is 0 Å². The smallest absolute Gasteiger partial charge is 0.319 e. The van der Waals surface area contributed by atoms with Crippen molar-refractivity contribution in [1.82, 2.24) is 10.2 Å². The number of anilines is 1. The Bertz CT molecular complexity index is 720. The number of likely N-dealkylation sites (N-methyl/N-ethyl adjacent to an activating group) is 1. The number of nitrogens with one attached hydrogen (secondary N) is 2. The Kier molecular flexibility index (Phi) is 7.10. The van der Waals surface area contributed by atoms with Gasteiger partial charge in [-0.1, -0.05) is 23.7 Å². The molecule has 0 aliphatic rings. The number of benzene rings is 2. The van der Waals surface area contributed by atoms with Crippen LogP contribution in [0.3, 0.4) is 0 Å². The highest BCUT2D eigenvalue weighted by Crippen LogP contribution is 2.19. The van der Waals surface area contributed by atoms with E-state index in [0.29, 0.717) is 18.2 Å². The van der Waals surface area contributed by atoms with Crippen LogP contribution in [0.25, 0.3) is 0 Å². The molecule has 0 spiro atoms. The van der Waals surface area contributed by atoms with E-state index in [1.807, 2.05) is 51.4 Å². The van der Waals surface area contributed by atoms with Gasteiger partial charge >= 0.3 is 6.03 Å². The fourth-order valence-electron chi connectivity index (χ4n) is 2.21. The predicted octanol–water partition coefficient (Wildman–Crippen LogP) is 3.91. The summed E-state index contributed by atoms with van der Waals surface area (Å²) in [5, 5.41) is 6.32. The van der Waals surface area contributed by atoms with Gasteiger partial charge in [-0.2, -0.15) is 0 Å². The first kappa shape index (κ1) is 19.1. The number of carbonyl (C=O) groups excluding carboxylic acids is 1. The lowest BCUT2D eigenvalue weighted by Gasteiger charge is -2.12. The third kappa shape index (κ3) is 6.64. The van der Waals surface area contributed by atoms with Crippen molar-refractivity contribution in [3.63, 3.8) is 0 Å². The molecule has 0 atom stereocenters. The van der Waals surface area contributed by atoms with Crippen molar-refractivity contribution >= 4 is 23.3 Å². The topological polar surface area (TPSA) is 53.6 Å². The average molecular weight is 362 g/mol. The Hall–Kier alpha value is -2.24. The molecular weight excluding hydrogens is 338 g/mol. The minimum absolute atomic E-state index is 0.260. The first-order valence-corrected chi connectivity index (χ1v) is 8.49. The molecule has 0 heterocycles. The number of nitrogens with zero attached hydrogens (tertiary/aromatic N) is 1. The number of hydrogen-bond donors (Lipinski definition) is 2. The Morgan fingerprint density at radius 3 is 2.72 bits per heavy atom. The van der Waals surface area contributed by atoms with Gasteiger partial charge in [-0.05, 0) is 62.5 Å². The van der Waals surface area contributed by atoms with E-state index in [4.69, 9.17) is 16.3 Å². The van der Waals surface area contributed by atoms with Gasteiger partial charge in [0.15, 0.2) is 0 Å². The van der Waals surface area contributed by atoms with Crippen LogP contribution in [0.5, 0.6) is 5.75 Å². The standard InChI is InChI=1S/C19H24ClN3O2/c1-14-11-16(20)7-8-18(14)22-19(24)21-13-15-5-4-6-17(12-15)25-10-9-23(2)3/h4-8,11-12H,9-10,13H2,1-3H3,(H2,21,22,24). The molecule has 0 fully saturated rings. The van der Waals surface area contributed by atoms with Crippen molar-refractivity contribution in [2.24, 2.45) is 0 Å². The van der Waals surface area contributed by atoms with Gasteiger partial charge in [-0.3, -0.25) is 0 Å². The van der Waals surface area contributed by atoms with Gasteiger partial charge in [0, 0.05) is 23.8 Å². The quantitative estimate of drug-likeness (QED) is 0.786. The zero-order valence-corrected chi connectivity index (χ0v) is 15.6. The highest BCUT2D eigenvalue weighted by molar-refractivity contribution is 6.30. The zero-order valence-electron chi connectivity index (χ0n) is 14.8. The maximum Gasteiger partial charge on any atom is 0.319 e. The second-order valence-corrected chi connectivity index (χ2v) is 6.50. The van der Waals surface area contributed by atoms with Crippen molar-refractivity contribution in [2.75, 3.05) is 32.6 Å². The molecule has 2 rings (SSSR count). The largest absolute Gasteiger partial charge is 0.492 e. The molecule has 25 heavy (non-hydrogen) atoms. The molecule has 2 aromatic rings. The number of carbonyl (C=O) groups is 1. The van der Waals surface area contributed by atoms with Crippen LogP contribution in [0, 0.1) is 6.92 Å². The minimum atomic E-state index is -0.260. The fourth-order valence-corrected chi connectivity index (χ4v) is 2.43. The van der Waals surface area contributed by atoms with Crippen LogP contribution in [-0.2, 0) is 6.54 Å². The number of ether oxygens (including phenoxy) is 1. The summed E-state index contributed by atoms with van der Waals surface area (Å²) in [5.74, 6) is 0.801. The Balaban J connectivity index is 1.84. The van der Waals surface area contributed by atoms with E-state index in [9.17, 15) is 4.79 Å². The van der Waals surface area contributed by atoms with Gasteiger partial charge in [0.05, 0.1) is 0 Å². The second-order valence-electron chi connectivity index (χ2n) is 6.07. The molecule has 2 aromatic carbocycles. The van der Waals surface area contributed by atoms with Crippen LogP contribution < -0.4 is 15.4 Å². The number of halogens is 1. The van der Waals surface area contributed by atoms with Crippen LogP contribution in [-0.4, -0.2) is 38.2 Å². The number of urea groups is 1. The van der Waals surface area contributed by atoms with Gasteiger partial charge in [0.2, 0.25) is 0 Å². The molecule has 0 saturated heterocycles. The van der Waals surface area contributed by atoms with Crippen molar-refractivity contribution in [3.05, 3.63) is 58.6 Å². The second kappa shape index (κ2) is 9.30. The van der Waals surface area contributed by atoms with E-state index in [1.165, 1.54) is 0 Å². The summed E-state index contributed by atoms with van der Waals surface area (Å²) in [4.78, 5) is 14.1. The Labute approximate surface area is 153 Å². The molecule has 134 valence electrons. The molecular formula is C19H24ClN3O2. The predicted molar refractivity (Wildman–Crippen MR) is 103 cm³/mol. The third-order valence-electron chi connectivity index (χ3n) is 3.60. The lowest BCUT2D eigenvalue weighted by Crippen LogP contribution is -2.28. The van der Waals surface area contributed by atoms with Crippen molar-refractivity contribution in [3.8, 4) is 5.75 Å². The summed E-state index contributed by atoms with van der Waals surface area (Å²) in [7, 11) is 4.01.